The lowest BCUT2D eigenvalue weighted by Gasteiger charge is -2.09. The van der Waals surface area contributed by atoms with Crippen LogP contribution < -0.4 is 5.73 Å². The SMILES string of the molecule is CC(CCCn1c(C)nc2c(N)nc3ccccc3c21)=NO. The summed E-state index contributed by atoms with van der Waals surface area (Å²) in [6.07, 6.45) is 1.62. The van der Waals surface area contributed by atoms with Gasteiger partial charge < -0.3 is 15.5 Å². The molecule has 0 radical (unpaired) electrons. The van der Waals surface area contributed by atoms with Crippen molar-refractivity contribution in [3.8, 4) is 0 Å². The Morgan fingerprint density at radius 2 is 2.09 bits per heavy atom. The van der Waals surface area contributed by atoms with Crippen molar-refractivity contribution in [2.45, 2.75) is 33.2 Å². The van der Waals surface area contributed by atoms with Gasteiger partial charge in [-0.05, 0) is 32.8 Å². The molecule has 3 rings (SSSR count). The smallest absolute Gasteiger partial charge is 0.152 e. The Labute approximate surface area is 128 Å². The average molecular weight is 297 g/mol. The molecule has 22 heavy (non-hydrogen) atoms. The number of nitrogens with zero attached hydrogens (tertiary/aromatic N) is 4. The fourth-order valence-corrected chi connectivity index (χ4v) is 2.79. The van der Waals surface area contributed by atoms with Gasteiger partial charge >= 0.3 is 0 Å². The van der Waals surface area contributed by atoms with Gasteiger partial charge in [0.25, 0.3) is 0 Å². The minimum Gasteiger partial charge on any atom is -0.411 e. The van der Waals surface area contributed by atoms with Gasteiger partial charge in [-0.25, -0.2) is 9.97 Å². The largest absolute Gasteiger partial charge is 0.411 e. The molecule has 114 valence electrons. The van der Waals surface area contributed by atoms with Gasteiger partial charge in [0.2, 0.25) is 0 Å². The molecule has 0 aliphatic carbocycles. The first-order valence-corrected chi connectivity index (χ1v) is 7.30. The number of hydrogen-bond donors (Lipinski definition) is 2. The summed E-state index contributed by atoms with van der Waals surface area (Å²) >= 11 is 0. The van der Waals surface area contributed by atoms with Crippen LogP contribution in [0.3, 0.4) is 0 Å². The summed E-state index contributed by atoms with van der Waals surface area (Å²) in [6.45, 7) is 4.58. The van der Waals surface area contributed by atoms with Gasteiger partial charge in [0.05, 0.1) is 16.7 Å². The molecule has 3 aromatic rings. The first-order valence-electron chi connectivity index (χ1n) is 7.30. The Morgan fingerprint density at radius 3 is 2.86 bits per heavy atom. The van der Waals surface area contributed by atoms with Crippen LogP contribution in [0.4, 0.5) is 5.82 Å². The predicted molar refractivity (Wildman–Crippen MR) is 88.3 cm³/mol. The highest BCUT2D eigenvalue weighted by Gasteiger charge is 2.14. The Balaban J connectivity index is 2.11. The van der Waals surface area contributed by atoms with E-state index in [0.29, 0.717) is 5.82 Å². The van der Waals surface area contributed by atoms with Crippen LogP contribution in [-0.2, 0) is 6.54 Å². The highest BCUT2D eigenvalue weighted by Crippen LogP contribution is 2.28. The van der Waals surface area contributed by atoms with E-state index in [1.54, 1.807) is 0 Å². The number of benzene rings is 1. The second kappa shape index (κ2) is 5.63. The number of aromatic nitrogens is 3. The molecule has 0 aliphatic heterocycles. The third-order valence-corrected chi connectivity index (χ3v) is 3.89. The van der Waals surface area contributed by atoms with Crippen molar-refractivity contribution in [3.63, 3.8) is 0 Å². The zero-order valence-corrected chi connectivity index (χ0v) is 12.7. The number of imidazole rings is 1. The minimum absolute atomic E-state index is 0.462. The number of nitrogen functional groups attached to an aromatic ring is 1. The number of aryl methyl sites for hydroxylation is 2. The molecule has 0 aliphatic rings. The summed E-state index contributed by atoms with van der Waals surface area (Å²) in [5.41, 5.74) is 9.45. The van der Waals surface area contributed by atoms with Crippen molar-refractivity contribution in [2.24, 2.45) is 5.16 Å². The maximum Gasteiger partial charge on any atom is 0.152 e. The van der Waals surface area contributed by atoms with Gasteiger partial charge in [0, 0.05) is 11.9 Å². The van der Waals surface area contributed by atoms with Crippen LogP contribution in [0.1, 0.15) is 25.6 Å². The van der Waals surface area contributed by atoms with Crippen molar-refractivity contribution >= 4 is 33.5 Å². The molecule has 6 heteroatoms. The van der Waals surface area contributed by atoms with Gasteiger partial charge in [-0.1, -0.05) is 23.4 Å². The number of para-hydroxylation sites is 1. The molecular formula is C16H19N5O. The molecule has 0 spiro atoms. The third-order valence-electron chi connectivity index (χ3n) is 3.89. The number of fused-ring (bicyclic) bond motifs is 3. The second-order valence-corrected chi connectivity index (χ2v) is 5.46. The molecule has 6 nitrogen and oxygen atoms in total. The van der Waals surface area contributed by atoms with E-state index in [2.05, 4.69) is 19.7 Å². The summed E-state index contributed by atoms with van der Waals surface area (Å²) in [5.74, 6) is 1.38. The number of nitrogens with two attached hydrogens (primary N) is 1. The molecule has 0 fully saturated rings. The van der Waals surface area contributed by atoms with E-state index in [1.807, 2.05) is 38.1 Å². The monoisotopic (exact) mass is 297 g/mol. The summed E-state index contributed by atoms with van der Waals surface area (Å²) in [4.78, 5) is 9.01. The summed E-state index contributed by atoms with van der Waals surface area (Å²) < 4.78 is 2.17. The van der Waals surface area contributed by atoms with E-state index < -0.39 is 0 Å². The Bertz CT molecular complexity index is 866. The van der Waals surface area contributed by atoms with Gasteiger partial charge in [-0.15, -0.1) is 0 Å². The van der Waals surface area contributed by atoms with Gasteiger partial charge in [0.1, 0.15) is 11.3 Å². The lowest BCUT2D eigenvalue weighted by atomic mass is 10.1. The summed E-state index contributed by atoms with van der Waals surface area (Å²) in [7, 11) is 0. The van der Waals surface area contributed by atoms with Crippen LogP contribution in [0, 0.1) is 6.92 Å². The fourth-order valence-electron chi connectivity index (χ4n) is 2.79. The molecular weight excluding hydrogens is 278 g/mol. The fraction of sp³-hybridized carbons (Fsp3) is 0.312. The van der Waals surface area contributed by atoms with Crippen LogP contribution in [-0.4, -0.2) is 25.5 Å². The molecule has 1 aromatic carbocycles. The maximum atomic E-state index is 8.74. The molecule has 0 saturated carbocycles. The highest BCUT2D eigenvalue weighted by atomic mass is 16.4. The number of pyridine rings is 1. The van der Waals surface area contributed by atoms with E-state index in [1.165, 1.54) is 0 Å². The Hall–Kier alpha value is -2.63. The molecule has 0 bridgehead atoms. The molecule has 2 aromatic heterocycles. The number of oxime groups is 1. The van der Waals surface area contributed by atoms with E-state index in [9.17, 15) is 0 Å². The van der Waals surface area contributed by atoms with Crippen molar-refractivity contribution in [1.29, 1.82) is 0 Å². The number of hydrogen-bond acceptors (Lipinski definition) is 5. The van der Waals surface area contributed by atoms with E-state index >= 15 is 0 Å². The quantitative estimate of drug-likeness (QED) is 0.440. The van der Waals surface area contributed by atoms with Crippen LogP contribution in [0.5, 0.6) is 0 Å². The van der Waals surface area contributed by atoms with Crippen molar-refractivity contribution in [3.05, 3.63) is 30.1 Å². The molecule has 0 amide bonds. The zero-order chi connectivity index (χ0) is 15.7. The van der Waals surface area contributed by atoms with Gasteiger partial charge in [-0.2, -0.15) is 0 Å². The standard InChI is InChI=1S/C16H19N5O/c1-10(20-22)6-5-9-21-11(2)18-14-15(21)12-7-3-4-8-13(12)19-16(14)17/h3-4,7-8,22H,5-6,9H2,1-2H3,(H2,17,19). The van der Waals surface area contributed by atoms with Crippen molar-refractivity contribution in [2.75, 3.05) is 5.73 Å². The Kier molecular flexibility index (Phi) is 3.66. The van der Waals surface area contributed by atoms with Crippen LogP contribution in [0.25, 0.3) is 21.9 Å². The Morgan fingerprint density at radius 1 is 1.32 bits per heavy atom. The molecule has 2 heterocycles. The maximum absolute atomic E-state index is 8.74. The molecule has 0 saturated heterocycles. The van der Waals surface area contributed by atoms with E-state index in [-0.39, 0.29) is 0 Å². The first kappa shape index (κ1) is 14.3. The second-order valence-electron chi connectivity index (χ2n) is 5.46. The zero-order valence-electron chi connectivity index (χ0n) is 12.7. The van der Waals surface area contributed by atoms with Crippen molar-refractivity contribution in [1.82, 2.24) is 14.5 Å². The number of rotatable bonds is 4. The molecule has 0 atom stereocenters. The van der Waals surface area contributed by atoms with Gasteiger partial charge in [0.15, 0.2) is 5.82 Å². The first-order chi connectivity index (χ1) is 10.6. The van der Waals surface area contributed by atoms with Crippen molar-refractivity contribution < 1.29 is 5.21 Å². The van der Waals surface area contributed by atoms with Crippen LogP contribution in [0.2, 0.25) is 0 Å². The molecule has 3 N–H and O–H groups in total. The average Bonchev–Trinajstić information content (AvgIpc) is 2.85. The van der Waals surface area contributed by atoms with E-state index in [4.69, 9.17) is 10.9 Å². The lowest BCUT2D eigenvalue weighted by Crippen LogP contribution is -2.03. The number of anilines is 1. The lowest BCUT2D eigenvalue weighted by molar-refractivity contribution is 0.317. The van der Waals surface area contributed by atoms with E-state index in [0.717, 1.165) is 52.9 Å². The normalized spacial score (nSPS) is 12.4. The van der Waals surface area contributed by atoms with Gasteiger partial charge in [-0.3, -0.25) is 0 Å². The van der Waals surface area contributed by atoms with Crippen LogP contribution in [0.15, 0.2) is 29.4 Å². The minimum atomic E-state index is 0.462. The third kappa shape index (κ3) is 2.36. The molecule has 0 unspecified atom stereocenters. The highest BCUT2D eigenvalue weighted by molar-refractivity contribution is 6.06. The topological polar surface area (TPSA) is 89.3 Å². The van der Waals surface area contributed by atoms with Crippen LogP contribution >= 0.6 is 0 Å². The predicted octanol–water partition coefficient (Wildman–Crippen LogP) is 3.11. The summed E-state index contributed by atoms with van der Waals surface area (Å²) in [6, 6.07) is 7.95. The summed E-state index contributed by atoms with van der Waals surface area (Å²) in [5, 5.41) is 13.0.